The van der Waals surface area contributed by atoms with Crippen LogP contribution in [0.4, 0.5) is 0 Å². The van der Waals surface area contributed by atoms with Gasteiger partial charge in [-0.3, -0.25) is 0 Å². The number of unbranched alkanes of at least 4 members (excludes halogenated alkanes) is 6. The van der Waals surface area contributed by atoms with E-state index in [1.54, 1.807) is 6.92 Å². The van der Waals surface area contributed by atoms with Crippen molar-refractivity contribution in [1.29, 1.82) is 0 Å². The SMILES string of the molecule is C=C(C)C(=O)OCC(CCCCCCCC(C)C)CCCCCC(C)C. The molecule has 2 nitrogen and oxygen atoms in total. The first-order valence-electron chi connectivity index (χ1n) is 11.2. The molecule has 0 spiro atoms. The van der Waals surface area contributed by atoms with E-state index in [0.29, 0.717) is 18.1 Å². The Morgan fingerprint density at radius 3 is 1.54 bits per heavy atom. The molecule has 0 aromatic carbocycles. The van der Waals surface area contributed by atoms with Crippen LogP contribution in [-0.2, 0) is 9.53 Å². The molecule has 0 N–H and O–H groups in total. The number of carbonyl (C=O) groups is 1. The highest BCUT2D eigenvalue weighted by Crippen LogP contribution is 2.20. The van der Waals surface area contributed by atoms with Gasteiger partial charge in [0.2, 0.25) is 0 Å². The Morgan fingerprint density at radius 2 is 1.12 bits per heavy atom. The molecule has 0 aromatic heterocycles. The molecule has 154 valence electrons. The maximum Gasteiger partial charge on any atom is 0.333 e. The van der Waals surface area contributed by atoms with Gasteiger partial charge in [-0.2, -0.15) is 0 Å². The predicted octanol–water partition coefficient (Wildman–Crippen LogP) is 7.72. The van der Waals surface area contributed by atoms with E-state index < -0.39 is 0 Å². The van der Waals surface area contributed by atoms with Crippen LogP contribution < -0.4 is 0 Å². The summed E-state index contributed by atoms with van der Waals surface area (Å²) < 4.78 is 5.44. The first-order chi connectivity index (χ1) is 12.3. The Bertz CT molecular complexity index is 357. The van der Waals surface area contributed by atoms with Gasteiger partial charge in [0.05, 0.1) is 6.61 Å². The van der Waals surface area contributed by atoms with Crippen molar-refractivity contribution < 1.29 is 9.53 Å². The molecule has 0 aromatic rings. The average Bonchev–Trinajstić information content (AvgIpc) is 2.56. The smallest absolute Gasteiger partial charge is 0.333 e. The lowest BCUT2D eigenvalue weighted by Gasteiger charge is -2.17. The topological polar surface area (TPSA) is 26.3 Å². The molecule has 2 heteroatoms. The first-order valence-corrected chi connectivity index (χ1v) is 11.2. The van der Waals surface area contributed by atoms with Crippen LogP contribution >= 0.6 is 0 Å². The first kappa shape index (κ1) is 25.2. The third-order valence-electron chi connectivity index (χ3n) is 5.09. The lowest BCUT2D eigenvalue weighted by atomic mass is 9.94. The molecule has 0 aliphatic rings. The van der Waals surface area contributed by atoms with Gasteiger partial charge < -0.3 is 4.74 Å². The van der Waals surface area contributed by atoms with Crippen molar-refractivity contribution in [3.63, 3.8) is 0 Å². The van der Waals surface area contributed by atoms with Gasteiger partial charge in [0.15, 0.2) is 0 Å². The van der Waals surface area contributed by atoms with E-state index in [2.05, 4.69) is 34.3 Å². The molecule has 0 heterocycles. The Kier molecular flexibility index (Phi) is 15.9. The molecular formula is C24H46O2. The van der Waals surface area contributed by atoms with Gasteiger partial charge in [0.1, 0.15) is 0 Å². The van der Waals surface area contributed by atoms with Crippen molar-refractivity contribution >= 4 is 5.97 Å². The van der Waals surface area contributed by atoms with E-state index in [-0.39, 0.29) is 5.97 Å². The van der Waals surface area contributed by atoms with Crippen LogP contribution in [0.15, 0.2) is 12.2 Å². The number of hydrogen-bond donors (Lipinski definition) is 0. The summed E-state index contributed by atoms with van der Waals surface area (Å²) in [7, 11) is 0. The highest BCUT2D eigenvalue weighted by atomic mass is 16.5. The minimum atomic E-state index is -0.233. The molecule has 0 saturated carbocycles. The molecule has 26 heavy (non-hydrogen) atoms. The zero-order valence-electron chi connectivity index (χ0n) is 18.4. The zero-order chi connectivity index (χ0) is 19.8. The van der Waals surface area contributed by atoms with Gasteiger partial charge in [0.25, 0.3) is 0 Å². The minimum Gasteiger partial charge on any atom is -0.462 e. The van der Waals surface area contributed by atoms with Gasteiger partial charge in [-0.1, -0.05) is 98.5 Å². The summed E-state index contributed by atoms with van der Waals surface area (Å²) in [6, 6.07) is 0. The summed E-state index contributed by atoms with van der Waals surface area (Å²) in [6.45, 7) is 15.2. The highest BCUT2D eigenvalue weighted by Gasteiger charge is 2.12. The number of esters is 1. The van der Waals surface area contributed by atoms with Crippen molar-refractivity contribution in [2.75, 3.05) is 6.61 Å². The van der Waals surface area contributed by atoms with E-state index in [1.165, 1.54) is 77.0 Å². The minimum absolute atomic E-state index is 0.233. The molecule has 1 unspecified atom stereocenters. The fourth-order valence-electron chi connectivity index (χ4n) is 3.31. The summed E-state index contributed by atoms with van der Waals surface area (Å²) in [5.41, 5.74) is 0.505. The molecule has 0 rings (SSSR count). The van der Waals surface area contributed by atoms with Gasteiger partial charge in [-0.25, -0.2) is 4.79 Å². The van der Waals surface area contributed by atoms with E-state index in [4.69, 9.17) is 4.74 Å². The number of rotatable bonds is 17. The van der Waals surface area contributed by atoms with Gasteiger partial charge >= 0.3 is 5.97 Å². The van der Waals surface area contributed by atoms with Crippen molar-refractivity contribution in [1.82, 2.24) is 0 Å². The number of hydrogen-bond acceptors (Lipinski definition) is 2. The summed E-state index contributed by atoms with van der Waals surface area (Å²) >= 11 is 0. The molecule has 0 radical (unpaired) electrons. The normalized spacial score (nSPS) is 12.6. The molecule has 0 fully saturated rings. The third kappa shape index (κ3) is 16.7. The second-order valence-electron chi connectivity index (χ2n) is 9.02. The van der Waals surface area contributed by atoms with Crippen molar-refractivity contribution in [3.8, 4) is 0 Å². The molecule has 1 atom stereocenters. The van der Waals surface area contributed by atoms with Crippen LogP contribution in [0.3, 0.4) is 0 Å². The molecule has 0 aliphatic carbocycles. The van der Waals surface area contributed by atoms with Crippen LogP contribution in [0.5, 0.6) is 0 Å². The summed E-state index contributed by atoms with van der Waals surface area (Å²) in [5, 5.41) is 0. The van der Waals surface area contributed by atoms with E-state index in [1.807, 2.05) is 0 Å². The monoisotopic (exact) mass is 366 g/mol. The Balaban J connectivity index is 3.99. The fourth-order valence-corrected chi connectivity index (χ4v) is 3.31. The second kappa shape index (κ2) is 16.4. The third-order valence-corrected chi connectivity index (χ3v) is 5.09. The molecular weight excluding hydrogens is 320 g/mol. The highest BCUT2D eigenvalue weighted by molar-refractivity contribution is 5.86. The quantitative estimate of drug-likeness (QED) is 0.150. The summed E-state index contributed by atoms with van der Waals surface area (Å²) in [4.78, 5) is 11.7. The lowest BCUT2D eigenvalue weighted by molar-refractivity contribution is -0.140. The maximum atomic E-state index is 11.7. The second-order valence-corrected chi connectivity index (χ2v) is 9.02. The maximum absolute atomic E-state index is 11.7. The van der Waals surface area contributed by atoms with Crippen molar-refractivity contribution in [2.24, 2.45) is 17.8 Å². The average molecular weight is 367 g/mol. The van der Waals surface area contributed by atoms with Crippen molar-refractivity contribution in [2.45, 2.75) is 112 Å². The van der Waals surface area contributed by atoms with Crippen LogP contribution in [0, 0.1) is 17.8 Å². The molecule has 0 amide bonds. The van der Waals surface area contributed by atoms with Gasteiger partial charge in [-0.05, 0) is 37.5 Å². The number of ether oxygens (including phenoxy) is 1. The van der Waals surface area contributed by atoms with Gasteiger partial charge in [-0.15, -0.1) is 0 Å². The summed E-state index contributed by atoms with van der Waals surface area (Å²) in [5.74, 6) is 1.92. The van der Waals surface area contributed by atoms with Crippen LogP contribution in [-0.4, -0.2) is 12.6 Å². The van der Waals surface area contributed by atoms with E-state index in [9.17, 15) is 4.79 Å². The van der Waals surface area contributed by atoms with Crippen LogP contribution in [0.2, 0.25) is 0 Å². The molecule has 0 bridgehead atoms. The Hall–Kier alpha value is -0.790. The standard InChI is InChI=1S/C24H46O2/c1-20(2)15-11-8-7-9-13-17-23(19-26-24(25)22(5)6)18-14-10-12-16-21(3)4/h20-21,23H,5,7-19H2,1-4,6H3. The largest absolute Gasteiger partial charge is 0.462 e. The Labute approximate surface area is 164 Å². The Morgan fingerprint density at radius 1 is 0.731 bits per heavy atom. The molecule has 0 aliphatic heterocycles. The van der Waals surface area contributed by atoms with Crippen LogP contribution in [0.25, 0.3) is 0 Å². The van der Waals surface area contributed by atoms with E-state index in [0.717, 1.165) is 11.8 Å². The molecule has 0 saturated heterocycles. The van der Waals surface area contributed by atoms with Crippen LogP contribution in [0.1, 0.15) is 112 Å². The zero-order valence-corrected chi connectivity index (χ0v) is 18.4. The van der Waals surface area contributed by atoms with E-state index >= 15 is 0 Å². The summed E-state index contributed by atoms with van der Waals surface area (Å²) in [6.07, 6.45) is 15.6. The van der Waals surface area contributed by atoms with Crippen molar-refractivity contribution in [3.05, 3.63) is 12.2 Å². The van der Waals surface area contributed by atoms with Gasteiger partial charge in [0, 0.05) is 5.57 Å². The lowest BCUT2D eigenvalue weighted by Crippen LogP contribution is -2.15. The fraction of sp³-hybridized carbons (Fsp3) is 0.875. The number of carbonyl (C=O) groups excluding carboxylic acids is 1. The predicted molar refractivity (Wildman–Crippen MR) is 114 cm³/mol.